The maximum absolute atomic E-state index is 12.6. The van der Waals surface area contributed by atoms with Crippen LogP contribution in [0.1, 0.15) is 46.4 Å². The first-order valence-electron chi connectivity index (χ1n) is 10.5. The Kier molecular flexibility index (Phi) is 6.75. The number of ether oxygens (including phenoxy) is 1. The smallest absolute Gasteiger partial charge is 0.251 e. The summed E-state index contributed by atoms with van der Waals surface area (Å²) in [5, 5.41) is 3.11. The van der Waals surface area contributed by atoms with E-state index >= 15 is 0 Å². The lowest BCUT2D eigenvalue weighted by atomic mass is 10.0. The fraction of sp³-hybridized carbons (Fsp3) is 0.269. The zero-order valence-electron chi connectivity index (χ0n) is 17.3. The Hall–Kier alpha value is -2.72. The monoisotopic (exact) mass is 417 g/mol. The largest absolute Gasteiger partial charge is 0.493 e. The van der Waals surface area contributed by atoms with Gasteiger partial charge in [-0.3, -0.25) is 4.79 Å². The second-order valence-corrected chi connectivity index (χ2v) is 8.78. The minimum atomic E-state index is -0.0609. The maximum Gasteiger partial charge on any atom is 0.251 e. The molecule has 0 aromatic heterocycles. The number of hydrogen-bond acceptors (Lipinski definition) is 3. The molecule has 154 valence electrons. The van der Waals surface area contributed by atoms with Gasteiger partial charge in [-0.2, -0.15) is 0 Å². The molecule has 1 N–H and O–H groups in total. The average Bonchev–Trinajstić information content (AvgIpc) is 3.26. The fourth-order valence-electron chi connectivity index (χ4n) is 3.76. The van der Waals surface area contributed by atoms with Crippen LogP contribution in [-0.4, -0.2) is 18.3 Å². The zero-order chi connectivity index (χ0) is 20.8. The zero-order valence-corrected chi connectivity index (χ0v) is 18.1. The van der Waals surface area contributed by atoms with Crippen LogP contribution in [-0.2, 0) is 12.8 Å². The second kappa shape index (κ2) is 9.86. The summed E-state index contributed by atoms with van der Waals surface area (Å²) < 4.78 is 5.80. The van der Waals surface area contributed by atoms with Gasteiger partial charge in [0.05, 0.1) is 12.6 Å². The summed E-state index contributed by atoms with van der Waals surface area (Å²) in [7, 11) is 0. The molecule has 0 aliphatic heterocycles. The topological polar surface area (TPSA) is 38.3 Å². The van der Waals surface area contributed by atoms with Gasteiger partial charge in [0, 0.05) is 16.2 Å². The van der Waals surface area contributed by atoms with Gasteiger partial charge in [-0.15, -0.1) is 11.8 Å². The van der Waals surface area contributed by atoms with Crippen LogP contribution in [0, 0.1) is 0 Å². The molecular weight excluding hydrogens is 390 g/mol. The first-order chi connectivity index (χ1) is 14.7. The Balaban J connectivity index is 1.26. The number of hydrogen-bond donors (Lipinski definition) is 1. The summed E-state index contributed by atoms with van der Waals surface area (Å²) in [6.45, 7) is 2.66. The molecule has 1 amide bonds. The van der Waals surface area contributed by atoms with E-state index in [9.17, 15) is 4.79 Å². The van der Waals surface area contributed by atoms with Crippen LogP contribution in [0.5, 0.6) is 5.75 Å². The van der Waals surface area contributed by atoms with Crippen molar-refractivity contribution in [1.29, 1.82) is 0 Å². The molecule has 1 aliphatic rings. The van der Waals surface area contributed by atoms with E-state index in [1.165, 1.54) is 34.4 Å². The third-order valence-corrected chi connectivity index (χ3v) is 6.43. The van der Waals surface area contributed by atoms with Crippen molar-refractivity contribution >= 4 is 17.7 Å². The van der Waals surface area contributed by atoms with E-state index in [4.69, 9.17) is 4.74 Å². The van der Waals surface area contributed by atoms with Gasteiger partial charge in [-0.25, -0.2) is 0 Å². The second-order valence-electron chi connectivity index (χ2n) is 7.61. The molecule has 0 spiro atoms. The Morgan fingerprint density at radius 3 is 2.57 bits per heavy atom. The highest BCUT2D eigenvalue weighted by molar-refractivity contribution is 7.99. The highest BCUT2D eigenvalue weighted by Gasteiger charge is 2.15. The van der Waals surface area contributed by atoms with Gasteiger partial charge in [-0.1, -0.05) is 36.4 Å². The number of carbonyl (C=O) groups excluding carboxylic acids is 1. The van der Waals surface area contributed by atoms with Crippen LogP contribution in [0.15, 0.2) is 77.7 Å². The number of thioether (sulfide) groups is 1. The minimum Gasteiger partial charge on any atom is -0.493 e. The fourth-order valence-corrected chi connectivity index (χ4v) is 4.51. The van der Waals surface area contributed by atoms with Crippen LogP contribution < -0.4 is 10.1 Å². The molecule has 0 heterocycles. The van der Waals surface area contributed by atoms with Crippen LogP contribution in [0.4, 0.5) is 0 Å². The summed E-state index contributed by atoms with van der Waals surface area (Å²) in [5.41, 5.74) is 4.70. The molecule has 1 aliphatic carbocycles. The highest BCUT2D eigenvalue weighted by Crippen LogP contribution is 2.25. The van der Waals surface area contributed by atoms with Gasteiger partial charge in [-0.05, 0) is 79.3 Å². The van der Waals surface area contributed by atoms with Crippen molar-refractivity contribution in [2.45, 2.75) is 37.1 Å². The van der Waals surface area contributed by atoms with E-state index in [1.54, 1.807) is 11.8 Å². The summed E-state index contributed by atoms with van der Waals surface area (Å²) in [6.07, 6.45) is 3.56. The molecule has 3 aromatic carbocycles. The van der Waals surface area contributed by atoms with E-state index in [0.717, 1.165) is 17.9 Å². The Morgan fingerprint density at radius 1 is 1.00 bits per heavy atom. The number of nitrogens with one attached hydrogen (secondary N) is 1. The molecule has 1 atom stereocenters. The summed E-state index contributed by atoms with van der Waals surface area (Å²) in [6, 6.07) is 24.2. The van der Waals surface area contributed by atoms with Gasteiger partial charge < -0.3 is 10.1 Å². The van der Waals surface area contributed by atoms with Crippen molar-refractivity contribution in [3.63, 3.8) is 0 Å². The number of rotatable bonds is 8. The molecule has 0 bridgehead atoms. The predicted molar refractivity (Wildman–Crippen MR) is 123 cm³/mol. The molecule has 3 nitrogen and oxygen atoms in total. The number of aryl methyl sites for hydroxylation is 2. The third-order valence-electron chi connectivity index (χ3n) is 5.45. The third kappa shape index (κ3) is 5.25. The van der Waals surface area contributed by atoms with Crippen molar-refractivity contribution in [2.75, 3.05) is 12.4 Å². The van der Waals surface area contributed by atoms with E-state index in [2.05, 4.69) is 35.6 Å². The average molecular weight is 418 g/mol. The molecule has 4 heteroatoms. The quantitative estimate of drug-likeness (QED) is 0.370. The van der Waals surface area contributed by atoms with Crippen molar-refractivity contribution in [1.82, 2.24) is 5.32 Å². The normalized spacial score (nSPS) is 13.5. The molecule has 0 fully saturated rings. The number of benzene rings is 3. The molecular formula is C26H27NO2S. The number of amides is 1. The molecule has 0 unspecified atom stereocenters. The van der Waals surface area contributed by atoms with Crippen LogP contribution >= 0.6 is 11.8 Å². The number of carbonyl (C=O) groups is 1. The molecule has 30 heavy (non-hydrogen) atoms. The van der Waals surface area contributed by atoms with E-state index in [1.807, 2.05) is 49.4 Å². The van der Waals surface area contributed by atoms with Crippen LogP contribution in [0.2, 0.25) is 0 Å². The van der Waals surface area contributed by atoms with Crippen LogP contribution in [0.25, 0.3) is 0 Å². The highest BCUT2D eigenvalue weighted by atomic mass is 32.2. The van der Waals surface area contributed by atoms with Crippen molar-refractivity contribution < 1.29 is 9.53 Å². The van der Waals surface area contributed by atoms with E-state index in [-0.39, 0.29) is 11.9 Å². The SMILES string of the molecule is C[C@@H](NC(=O)c1ccc(OCCSc2ccccc2)cc1)c1ccc2c(c1)CCC2. The van der Waals surface area contributed by atoms with Gasteiger partial charge in [0.1, 0.15) is 5.75 Å². The lowest BCUT2D eigenvalue weighted by molar-refractivity contribution is 0.0940. The van der Waals surface area contributed by atoms with Gasteiger partial charge in [0.25, 0.3) is 5.91 Å². The summed E-state index contributed by atoms with van der Waals surface area (Å²) in [4.78, 5) is 13.9. The maximum atomic E-state index is 12.6. The van der Waals surface area contributed by atoms with E-state index < -0.39 is 0 Å². The Labute approximate surface area is 182 Å². The van der Waals surface area contributed by atoms with Crippen molar-refractivity contribution in [3.8, 4) is 5.75 Å². The molecule has 0 saturated heterocycles. The Bertz CT molecular complexity index is 986. The summed E-state index contributed by atoms with van der Waals surface area (Å²) in [5.74, 6) is 1.60. The van der Waals surface area contributed by atoms with E-state index in [0.29, 0.717) is 12.2 Å². The minimum absolute atomic E-state index is 0.0191. The van der Waals surface area contributed by atoms with Crippen molar-refractivity contribution in [3.05, 3.63) is 95.1 Å². The molecule has 3 aromatic rings. The lowest BCUT2D eigenvalue weighted by Crippen LogP contribution is -2.26. The van der Waals surface area contributed by atoms with Crippen LogP contribution in [0.3, 0.4) is 0 Å². The molecule has 0 radical (unpaired) electrons. The first kappa shape index (κ1) is 20.5. The van der Waals surface area contributed by atoms with Crippen molar-refractivity contribution in [2.24, 2.45) is 0 Å². The Morgan fingerprint density at radius 2 is 1.77 bits per heavy atom. The predicted octanol–water partition coefficient (Wildman–Crippen LogP) is 5.84. The molecule has 0 saturated carbocycles. The number of fused-ring (bicyclic) bond motifs is 1. The first-order valence-corrected chi connectivity index (χ1v) is 11.5. The van der Waals surface area contributed by atoms with Gasteiger partial charge >= 0.3 is 0 Å². The van der Waals surface area contributed by atoms with Gasteiger partial charge in [0.2, 0.25) is 0 Å². The lowest BCUT2D eigenvalue weighted by Gasteiger charge is -2.16. The van der Waals surface area contributed by atoms with Gasteiger partial charge in [0.15, 0.2) is 0 Å². The molecule has 4 rings (SSSR count). The standard InChI is InChI=1S/C26H27NO2S/c1-19(22-11-10-20-6-5-7-23(20)18-22)27-26(28)21-12-14-24(15-13-21)29-16-17-30-25-8-3-2-4-9-25/h2-4,8-15,18-19H,5-7,16-17H2,1H3,(H,27,28)/t19-/m1/s1. The summed E-state index contributed by atoms with van der Waals surface area (Å²) >= 11 is 1.77.